The van der Waals surface area contributed by atoms with E-state index in [1.807, 2.05) is 109 Å². The molecule has 0 aliphatic carbocycles. The zero-order valence-corrected chi connectivity index (χ0v) is 37.6. The molecule has 1 N–H and O–H groups in total. The number of benzene rings is 2. The number of hydrogen-bond acceptors (Lipinski definition) is 13. The summed E-state index contributed by atoms with van der Waals surface area (Å²) in [5, 5.41) is 12.1. The summed E-state index contributed by atoms with van der Waals surface area (Å²) in [6.45, 7) is 19.0. The van der Waals surface area contributed by atoms with Crippen molar-refractivity contribution in [3.05, 3.63) is 71.8 Å². The summed E-state index contributed by atoms with van der Waals surface area (Å²) in [5.74, 6) is -3.67. The predicted molar refractivity (Wildman–Crippen MR) is 223 cm³/mol. The van der Waals surface area contributed by atoms with Gasteiger partial charge in [-0.15, -0.1) is 0 Å². The number of amides is 1. The fraction of sp³-hybridized carbons (Fsp3) is 0.681. The smallest absolute Gasteiger partial charge is 0.459 e. The summed E-state index contributed by atoms with van der Waals surface area (Å²) in [6, 6.07) is 17.7. The number of aliphatic hydroxyl groups is 1. The number of carbonyl (C=O) groups is 3. The first kappa shape index (κ1) is 46.7. The third kappa shape index (κ3) is 10.2. The van der Waals surface area contributed by atoms with Crippen molar-refractivity contribution in [1.82, 2.24) is 4.90 Å². The van der Waals surface area contributed by atoms with Crippen molar-refractivity contribution < 1.29 is 62.1 Å². The Labute approximate surface area is 360 Å². The lowest BCUT2D eigenvalue weighted by atomic mass is 9.76. The normalized spacial score (nSPS) is 38.8. The second-order valence-corrected chi connectivity index (χ2v) is 18.6. The molecule has 4 aliphatic rings. The van der Waals surface area contributed by atoms with E-state index in [4.69, 9.17) is 42.6 Å². The van der Waals surface area contributed by atoms with Crippen LogP contribution in [0.3, 0.4) is 0 Å². The maximum Gasteiger partial charge on any atom is 0.509 e. The van der Waals surface area contributed by atoms with E-state index in [-0.39, 0.29) is 37.6 Å². The molecule has 0 spiro atoms. The summed E-state index contributed by atoms with van der Waals surface area (Å²) in [6.07, 6.45) is -6.98. The highest BCUT2D eigenvalue weighted by atomic mass is 16.8. The average Bonchev–Trinajstić information content (AvgIpc) is 3.69. The van der Waals surface area contributed by atoms with Crippen LogP contribution in [0.4, 0.5) is 9.59 Å². The minimum atomic E-state index is -1.27. The van der Waals surface area contributed by atoms with Crippen molar-refractivity contribution in [3.63, 3.8) is 0 Å². The Hall–Kier alpha value is -3.79. The van der Waals surface area contributed by atoms with Gasteiger partial charge in [-0.05, 0) is 77.8 Å². The van der Waals surface area contributed by atoms with E-state index in [0.717, 1.165) is 11.1 Å². The van der Waals surface area contributed by atoms with Gasteiger partial charge in [-0.2, -0.15) is 0 Å². The minimum Gasteiger partial charge on any atom is -0.459 e. The maximum atomic E-state index is 14.2. The van der Waals surface area contributed by atoms with Gasteiger partial charge >= 0.3 is 18.2 Å². The Morgan fingerprint density at radius 2 is 1.48 bits per heavy atom. The molecule has 4 saturated heterocycles. The summed E-state index contributed by atoms with van der Waals surface area (Å²) in [4.78, 5) is 42.8. The molecule has 4 fully saturated rings. The van der Waals surface area contributed by atoms with Crippen LogP contribution in [0, 0.1) is 23.7 Å². The standard InChI is InChI=1S/C47H67NO13/c1-12-35-47(10,61-45(7,8)59-35)40-31(6)37-27(2)24-46(9,60-37)39(29(4)36(49)30(5)41(50)57-40)58-42-38(56-44(52)54-26-33-21-17-14-18-22-33)34(23-28(3)55-42)48(11)43(51)53-25-32-19-15-13-16-20-32/h13-22,27-31,34-40,42,49H,12,23-26H2,1-11H3/t27?,28?,29-,30+,31-,34?,35+,36-,37?,38?,39+,40+,42-,46-,47+/m0/s1. The Morgan fingerprint density at radius 3 is 2.08 bits per heavy atom. The molecule has 14 heteroatoms. The lowest BCUT2D eigenvalue weighted by Crippen LogP contribution is -2.61. The van der Waals surface area contributed by atoms with Crippen LogP contribution in [0.2, 0.25) is 0 Å². The van der Waals surface area contributed by atoms with Gasteiger partial charge in [-0.25, -0.2) is 9.59 Å². The molecule has 2 aromatic rings. The fourth-order valence-corrected chi connectivity index (χ4v) is 10.2. The first-order chi connectivity index (χ1) is 28.8. The predicted octanol–water partition coefficient (Wildman–Crippen LogP) is 7.56. The van der Waals surface area contributed by atoms with E-state index in [2.05, 4.69) is 6.92 Å². The van der Waals surface area contributed by atoms with E-state index in [1.165, 1.54) is 4.90 Å². The Morgan fingerprint density at radius 1 is 0.869 bits per heavy atom. The molecule has 61 heavy (non-hydrogen) atoms. The van der Waals surface area contributed by atoms with Crippen LogP contribution in [0.5, 0.6) is 0 Å². The molecule has 5 unspecified atom stereocenters. The summed E-state index contributed by atoms with van der Waals surface area (Å²) < 4.78 is 57.4. The SMILES string of the molecule is CC[C@H]1OC(C)(C)O[C@@]1(C)[C@@H]1OC(=O)[C@H](C)[C@@H](O)[C@H](C)[C@@H](O[C@@H]2OC(C)CC(N(C)C(=O)OCc3ccccc3)C2OC(=O)OCc2ccccc2)[C@]2(C)CC(C)C(O2)[C@@H]1C. The second-order valence-electron chi connectivity index (χ2n) is 18.6. The third-order valence-corrected chi connectivity index (χ3v) is 13.2. The van der Waals surface area contributed by atoms with Gasteiger partial charge in [-0.1, -0.05) is 88.4 Å². The van der Waals surface area contributed by atoms with E-state index in [1.54, 1.807) is 20.9 Å². The zero-order valence-electron chi connectivity index (χ0n) is 37.6. The molecule has 0 radical (unpaired) electrons. The number of nitrogens with zero attached hydrogens (tertiary/aromatic N) is 1. The van der Waals surface area contributed by atoms with Gasteiger partial charge in [0.1, 0.15) is 24.9 Å². The number of rotatable bonds is 10. The van der Waals surface area contributed by atoms with Crippen LogP contribution in [0.15, 0.2) is 60.7 Å². The van der Waals surface area contributed by atoms with Crippen LogP contribution in [0.1, 0.15) is 99.6 Å². The van der Waals surface area contributed by atoms with Crippen LogP contribution in [-0.4, -0.2) is 107 Å². The third-order valence-electron chi connectivity index (χ3n) is 13.2. The molecule has 0 aromatic heterocycles. The molecule has 2 bridgehead atoms. The van der Waals surface area contributed by atoms with E-state index in [9.17, 15) is 19.5 Å². The lowest BCUT2D eigenvalue weighted by Gasteiger charge is -2.47. The number of cyclic esters (lactones) is 1. The van der Waals surface area contributed by atoms with Gasteiger partial charge in [-0.3, -0.25) is 4.79 Å². The van der Waals surface area contributed by atoms with E-state index in [0.29, 0.717) is 12.8 Å². The monoisotopic (exact) mass is 853 g/mol. The highest BCUT2D eigenvalue weighted by Gasteiger charge is 2.62. The molecular formula is C47H67NO13. The van der Waals surface area contributed by atoms with Gasteiger partial charge in [0.25, 0.3) is 0 Å². The maximum absolute atomic E-state index is 14.2. The number of ether oxygens (including phenoxy) is 9. The Bertz CT molecular complexity index is 1800. The van der Waals surface area contributed by atoms with Crippen LogP contribution < -0.4 is 0 Å². The van der Waals surface area contributed by atoms with Crippen molar-refractivity contribution in [1.29, 1.82) is 0 Å². The number of fused-ring (bicyclic) bond motifs is 2. The van der Waals surface area contributed by atoms with Crippen molar-refractivity contribution in [2.75, 3.05) is 7.05 Å². The van der Waals surface area contributed by atoms with Crippen LogP contribution in [-0.2, 0) is 60.6 Å². The van der Waals surface area contributed by atoms with Gasteiger partial charge in [0.05, 0.1) is 48.1 Å². The van der Waals surface area contributed by atoms with Gasteiger partial charge in [0.15, 0.2) is 18.2 Å². The second kappa shape index (κ2) is 18.9. The first-order valence-corrected chi connectivity index (χ1v) is 21.8. The minimum absolute atomic E-state index is 0.0366. The molecule has 4 heterocycles. The van der Waals surface area contributed by atoms with Gasteiger partial charge in [0, 0.05) is 18.9 Å². The quantitative estimate of drug-likeness (QED) is 0.185. The summed E-state index contributed by atoms with van der Waals surface area (Å²) in [5.41, 5.74) is -0.504. The molecule has 0 saturated carbocycles. The molecular weight excluding hydrogens is 787 g/mol. The molecule has 4 aliphatic heterocycles. The van der Waals surface area contributed by atoms with Crippen LogP contribution in [0.25, 0.3) is 0 Å². The van der Waals surface area contributed by atoms with E-state index < -0.39 is 96.0 Å². The van der Waals surface area contributed by atoms with Gasteiger partial charge < -0.3 is 52.6 Å². The number of hydrogen-bond donors (Lipinski definition) is 1. The molecule has 14 nitrogen and oxygen atoms in total. The fourth-order valence-electron chi connectivity index (χ4n) is 10.2. The molecule has 6 rings (SSSR count). The number of likely N-dealkylation sites (N-methyl/N-ethyl adjacent to an activating group) is 1. The Kier molecular flexibility index (Phi) is 14.5. The zero-order chi connectivity index (χ0) is 44.4. The van der Waals surface area contributed by atoms with E-state index >= 15 is 0 Å². The molecule has 338 valence electrons. The highest BCUT2D eigenvalue weighted by molar-refractivity contribution is 5.73. The topological polar surface area (TPSA) is 158 Å². The van der Waals surface area contributed by atoms with Crippen LogP contribution >= 0.6 is 0 Å². The highest BCUT2D eigenvalue weighted by Crippen LogP contribution is 2.50. The number of aliphatic hydroxyl groups excluding tert-OH is 1. The Balaban J connectivity index is 1.32. The average molecular weight is 854 g/mol. The van der Waals surface area contributed by atoms with Crippen molar-refractivity contribution in [2.24, 2.45) is 23.7 Å². The number of esters is 1. The summed E-state index contributed by atoms with van der Waals surface area (Å²) in [7, 11) is 1.58. The molecule has 2 aromatic carbocycles. The number of carbonyl (C=O) groups excluding carboxylic acids is 3. The van der Waals surface area contributed by atoms with Gasteiger partial charge in [0.2, 0.25) is 0 Å². The first-order valence-electron chi connectivity index (χ1n) is 21.8. The van der Waals surface area contributed by atoms with Crippen molar-refractivity contribution in [2.45, 2.75) is 174 Å². The molecule has 15 atom stereocenters. The largest absolute Gasteiger partial charge is 0.509 e. The lowest BCUT2D eigenvalue weighted by molar-refractivity contribution is -0.301. The summed E-state index contributed by atoms with van der Waals surface area (Å²) >= 11 is 0. The van der Waals surface area contributed by atoms with Crippen molar-refractivity contribution in [3.8, 4) is 0 Å². The molecule has 1 amide bonds. The van der Waals surface area contributed by atoms with Crippen molar-refractivity contribution >= 4 is 18.2 Å².